The third-order valence-electron chi connectivity index (χ3n) is 6.66. The number of aryl methyl sites for hydroxylation is 1. The lowest BCUT2D eigenvalue weighted by molar-refractivity contribution is -0.274. The largest absolute Gasteiger partial charge is 0.573 e. The van der Waals surface area contributed by atoms with Gasteiger partial charge in [-0.2, -0.15) is 10.2 Å². The van der Waals surface area contributed by atoms with Crippen LogP contribution in [0, 0.1) is 5.41 Å². The number of hydrogen-bond donors (Lipinski definition) is 1. The van der Waals surface area contributed by atoms with Crippen LogP contribution in [-0.4, -0.2) is 38.3 Å². The first-order valence-corrected chi connectivity index (χ1v) is 14.2. The van der Waals surface area contributed by atoms with E-state index >= 15 is 0 Å². The molecule has 5 rings (SSSR count). The minimum Gasteiger partial charge on any atom is -0.473 e. The van der Waals surface area contributed by atoms with Crippen LogP contribution >= 0.6 is 11.8 Å². The number of hydrogen-bond acceptors (Lipinski definition) is 7. The first kappa shape index (κ1) is 29.9. The molecule has 222 valence electrons. The maximum atomic E-state index is 12.8. The molecule has 1 aliphatic rings. The summed E-state index contributed by atoms with van der Waals surface area (Å²) in [6.07, 6.45) is -3.14. The second-order valence-corrected chi connectivity index (χ2v) is 11.2. The first-order valence-electron chi connectivity index (χ1n) is 13.3. The van der Waals surface area contributed by atoms with E-state index < -0.39 is 17.6 Å². The minimum atomic E-state index is -4.74. The van der Waals surface area contributed by atoms with Crippen LogP contribution < -0.4 is 9.47 Å². The summed E-state index contributed by atoms with van der Waals surface area (Å²) in [6.45, 7) is 4.32. The van der Waals surface area contributed by atoms with E-state index in [0.29, 0.717) is 17.1 Å². The highest BCUT2D eigenvalue weighted by Crippen LogP contribution is 2.42. The van der Waals surface area contributed by atoms with Crippen molar-refractivity contribution in [3.8, 4) is 22.9 Å². The Hall–Kier alpha value is -4.58. The number of thioether (sulfide) groups is 1. The fourth-order valence-corrected chi connectivity index (χ4v) is 5.54. The number of amides is 1. The van der Waals surface area contributed by atoms with E-state index in [4.69, 9.17) is 10.1 Å². The lowest BCUT2D eigenvalue weighted by atomic mass is 9.97. The highest BCUT2D eigenvalue weighted by Gasteiger charge is 2.39. The molecule has 0 aliphatic carbocycles. The number of rotatable bonds is 9. The molecule has 0 radical (unpaired) electrons. The van der Waals surface area contributed by atoms with Crippen molar-refractivity contribution in [2.75, 3.05) is 0 Å². The van der Waals surface area contributed by atoms with Crippen LogP contribution in [0.3, 0.4) is 0 Å². The minimum absolute atomic E-state index is 0.0447. The number of nitrogens with zero attached hydrogens (tertiary/aromatic N) is 4. The molecule has 1 saturated heterocycles. The number of halogens is 3. The Kier molecular flexibility index (Phi) is 8.58. The summed E-state index contributed by atoms with van der Waals surface area (Å²) in [7, 11) is 1.73. The lowest BCUT2D eigenvalue weighted by Crippen LogP contribution is -2.25. The Bertz CT molecular complexity index is 1650. The number of carbonyl (C=O) groups excluding carboxylic acids is 1. The van der Waals surface area contributed by atoms with Gasteiger partial charge in [0.15, 0.2) is 5.04 Å². The van der Waals surface area contributed by atoms with Crippen LogP contribution in [-0.2, 0) is 18.4 Å². The summed E-state index contributed by atoms with van der Waals surface area (Å²) in [5.41, 5.74) is 5.00. The van der Waals surface area contributed by atoms with Crippen LogP contribution in [0.15, 0.2) is 84.0 Å². The van der Waals surface area contributed by atoms with E-state index in [1.165, 1.54) is 41.0 Å². The Morgan fingerprint density at radius 2 is 1.77 bits per heavy atom. The van der Waals surface area contributed by atoms with Crippen molar-refractivity contribution >= 4 is 28.9 Å². The molecular weight excluding hydrogens is 579 g/mol. The van der Waals surface area contributed by atoms with Gasteiger partial charge in [-0.25, -0.2) is 9.69 Å². The summed E-state index contributed by atoms with van der Waals surface area (Å²) in [6, 6.07) is 22.6. The first-order chi connectivity index (χ1) is 20.5. The molecule has 1 aromatic heterocycles. The van der Waals surface area contributed by atoms with Gasteiger partial charge in [-0.05, 0) is 40.3 Å². The van der Waals surface area contributed by atoms with E-state index in [1.807, 2.05) is 48.5 Å². The summed E-state index contributed by atoms with van der Waals surface area (Å²) >= 11 is 1.19. The average Bonchev–Trinajstić information content (AvgIpc) is 3.49. The molecule has 0 bridgehead atoms. The number of aromatic nitrogens is 2. The quantitative estimate of drug-likeness (QED) is 0.202. The van der Waals surface area contributed by atoms with E-state index in [-0.39, 0.29) is 23.3 Å². The standard InChI is InChI=1S/C31H28F3N5O3S/c1-19(2)24-6-4-5-7-25(24)30-39(29(40)28(35)43-30)36-17-20-8-12-22(13-9-20)26-16-27(38(3)37-26)41-18-21-10-14-23(15-11-21)42-31(32,33)34/h4-17,19,30,35H,18H2,1-3H3/b35-28?,36-17+. The van der Waals surface area contributed by atoms with Crippen molar-refractivity contribution in [2.45, 2.75) is 38.1 Å². The summed E-state index contributed by atoms with van der Waals surface area (Å²) in [5, 5.41) is 18.0. The molecule has 0 saturated carbocycles. The molecule has 0 spiro atoms. The van der Waals surface area contributed by atoms with Gasteiger partial charge in [-0.3, -0.25) is 10.2 Å². The Labute approximate surface area is 250 Å². The van der Waals surface area contributed by atoms with Crippen LogP contribution in [0.2, 0.25) is 0 Å². The predicted octanol–water partition coefficient (Wildman–Crippen LogP) is 7.27. The Morgan fingerprint density at radius 3 is 2.44 bits per heavy atom. The zero-order valence-corrected chi connectivity index (χ0v) is 24.3. The fraction of sp³-hybridized carbons (Fsp3) is 0.226. The predicted molar refractivity (Wildman–Crippen MR) is 159 cm³/mol. The van der Waals surface area contributed by atoms with Crippen LogP contribution in [0.1, 0.15) is 47.4 Å². The van der Waals surface area contributed by atoms with Gasteiger partial charge in [0.05, 0.1) is 11.9 Å². The van der Waals surface area contributed by atoms with Crippen LogP contribution in [0.25, 0.3) is 11.3 Å². The molecule has 43 heavy (non-hydrogen) atoms. The molecular formula is C31H28F3N5O3S. The van der Waals surface area contributed by atoms with E-state index in [9.17, 15) is 18.0 Å². The number of nitrogens with one attached hydrogen (secondary N) is 1. The molecule has 1 fully saturated rings. The molecule has 8 nitrogen and oxygen atoms in total. The lowest BCUT2D eigenvalue weighted by Gasteiger charge is -2.22. The van der Waals surface area contributed by atoms with Gasteiger partial charge in [-0.1, -0.05) is 86.3 Å². The second-order valence-electron chi connectivity index (χ2n) is 10.1. The van der Waals surface area contributed by atoms with Gasteiger partial charge in [0.25, 0.3) is 5.91 Å². The average molecular weight is 608 g/mol. The third-order valence-corrected chi connectivity index (χ3v) is 7.74. The monoisotopic (exact) mass is 607 g/mol. The highest BCUT2D eigenvalue weighted by atomic mass is 32.2. The van der Waals surface area contributed by atoms with Gasteiger partial charge in [-0.15, -0.1) is 13.2 Å². The molecule has 1 atom stereocenters. The summed E-state index contributed by atoms with van der Waals surface area (Å²) in [5.74, 6) is 0.00425. The van der Waals surface area contributed by atoms with Crippen LogP contribution in [0.5, 0.6) is 11.6 Å². The number of carbonyl (C=O) groups is 1. The molecule has 1 unspecified atom stereocenters. The zero-order valence-electron chi connectivity index (χ0n) is 23.5. The molecule has 12 heteroatoms. The van der Waals surface area contributed by atoms with Crippen molar-refractivity contribution < 1.29 is 27.4 Å². The zero-order chi connectivity index (χ0) is 30.7. The molecule has 1 aliphatic heterocycles. The van der Waals surface area contributed by atoms with Crippen molar-refractivity contribution in [1.29, 1.82) is 5.41 Å². The SMILES string of the molecule is CC(C)c1ccccc1C1SC(=N)C(=O)N1/N=C/c1ccc(-c2cc(OCc3ccc(OC(F)(F)F)cc3)n(C)n2)cc1. The summed E-state index contributed by atoms with van der Waals surface area (Å²) < 4.78 is 48.4. The Balaban J connectivity index is 1.25. The molecule has 4 aromatic rings. The highest BCUT2D eigenvalue weighted by molar-refractivity contribution is 8.16. The summed E-state index contributed by atoms with van der Waals surface area (Å²) in [4.78, 5) is 12.8. The van der Waals surface area contributed by atoms with Crippen LogP contribution in [0.4, 0.5) is 13.2 Å². The molecule has 3 aromatic carbocycles. The van der Waals surface area contributed by atoms with Gasteiger partial charge >= 0.3 is 6.36 Å². The van der Waals surface area contributed by atoms with Gasteiger partial charge in [0.2, 0.25) is 5.88 Å². The van der Waals surface area contributed by atoms with Gasteiger partial charge in [0.1, 0.15) is 17.7 Å². The third kappa shape index (κ3) is 7.08. The van der Waals surface area contributed by atoms with Crippen molar-refractivity contribution in [1.82, 2.24) is 14.8 Å². The maximum Gasteiger partial charge on any atom is 0.573 e. The van der Waals surface area contributed by atoms with E-state index in [0.717, 1.165) is 22.3 Å². The topological polar surface area (TPSA) is 92.8 Å². The Morgan fingerprint density at radius 1 is 1.07 bits per heavy atom. The van der Waals surface area contributed by atoms with Crippen molar-refractivity contribution in [3.63, 3.8) is 0 Å². The number of hydrazone groups is 1. The number of alkyl halides is 3. The fourth-order valence-electron chi connectivity index (χ4n) is 4.53. The molecule has 1 amide bonds. The normalized spacial score (nSPS) is 15.6. The maximum absolute atomic E-state index is 12.8. The number of benzene rings is 3. The van der Waals surface area contributed by atoms with Crippen molar-refractivity contribution in [3.05, 3.63) is 101 Å². The van der Waals surface area contributed by atoms with E-state index in [1.54, 1.807) is 24.0 Å². The van der Waals surface area contributed by atoms with Crippen molar-refractivity contribution in [2.24, 2.45) is 12.1 Å². The van der Waals surface area contributed by atoms with E-state index in [2.05, 4.69) is 28.8 Å². The van der Waals surface area contributed by atoms with Gasteiger partial charge < -0.3 is 9.47 Å². The smallest absolute Gasteiger partial charge is 0.473 e. The molecule has 2 heterocycles. The number of ether oxygens (including phenoxy) is 2. The van der Waals surface area contributed by atoms with Gasteiger partial charge in [0, 0.05) is 18.7 Å². The molecule has 1 N–H and O–H groups in total. The second kappa shape index (κ2) is 12.3.